The standard InChI is InChI=1S/C13H13BrFNO3/c14-8-2-3-10(9(15)6-8)16-11(17)7-13(12(18)19)4-1-5-13/h2-3,6H,1,4-5,7H2,(H,16,17)(H,18,19). The van der Waals surface area contributed by atoms with Crippen LogP contribution in [0.3, 0.4) is 0 Å². The molecule has 1 saturated carbocycles. The second-order valence-electron chi connectivity index (χ2n) is 4.79. The summed E-state index contributed by atoms with van der Waals surface area (Å²) in [7, 11) is 0. The van der Waals surface area contributed by atoms with Crippen LogP contribution in [0.15, 0.2) is 22.7 Å². The second kappa shape index (κ2) is 5.28. The minimum atomic E-state index is -0.962. The third-order valence-corrected chi connectivity index (χ3v) is 3.96. The monoisotopic (exact) mass is 329 g/mol. The molecule has 0 heterocycles. The van der Waals surface area contributed by atoms with Crippen molar-refractivity contribution in [3.8, 4) is 0 Å². The van der Waals surface area contributed by atoms with Gasteiger partial charge >= 0.3 is 5.97 Å². The number of benzene rings is 1. The fraction of sp³-hybridized carbons (Fsp3) is 0.385. The number of aliphatic carboxylic acids is 1. The summed E-state index contributed by atoms with van der Waals surface area (Å²) in [5.41, 5.74) is -0.899. The van der Waals surface area contributed by atoms with Gasteiger partial charge in [0.1, 0.15) is 5.82 Å². The van der Waals surface area contributed by atoms with Crippen molar-refractivity contribution in [3.05, 3.63) is 28.5 Å². The maximum atomic E-state index is 13.5. The van der Waals surface area contributed by atoms with Crippen LogP contribution in [0, 0.1) is 11.2 Å². The molecule has 0 unspecified atom stereocenters. The Morgan fingerprint density at radius 1 is 1.42 bits per heavy atom. The van der Waals surface area contributed by atoms with Crippen molar-refractivity contribution in [2.75, 3.05) is 5.32 Å². The van der Waals surface area contributed by atoms with E-state index in [-0.39, 0.29) is 12.1 Å². The lowest BCUT2D eigenvalue weighted by molar-refractivity contribution is -0.157. The molecule has 2 N–H and O–H groups in total. The Bertz CT molecular complexity index is 529. The average molecular weight is 330 g/mol. The Labute approximate surface area is 118 Å². The quantitative estimate of drug-likeness (QED) is 0.891. The smallest absolute Gasteiger partial charge is 0.310 e. The largest absolute Gasteiger partial charge is 0.481 e. The Kier molecular flexibility index (Phi) is 3.89. The van der Waals surface area contributed by atoms with Gasteiger partial charge in [-0.05, 0) is 31.0 Å². The number of carboxylic acid groups (broad SMARTS) is 1. The van der Waals surface area contributed by atoms with Crippen molar-refractivity contribution < 1.29 is 19.1 Å². The zero-order chi connectivity index (χ0) is 14.0. The molecular formula is C13H13BrFNO3. The highest BCUT2D eigenvalue weighted by atomic mass is 79.9. The number of anilines is 1. The van der Waals surface area contributed by atoms with Gasteiger partial charge in [0.05, 0.1) is 11.1 Å². The van der Waals surface area contributed by atoms with Crippen LogP contribution in [-0.2, 0) is 9.59 Å². The topological polar surface area (TPSA) is 66.4 Å². The second-order valence-corrected chi connectivity index (χ2v) is 5.70. The number of amides is 1. The van der Waals surface area contributed by atoms with Crippen LogP contribution < -0.4 is 5.32 Å². The molecule has 1 aliphatic carbocycles. The van der Waals surface area contributed by atoms with Gasteiger partial charge in [0, 0.05) is 10.9 Å². The summed E-state index contributed by atoms with van der Waals surface area (Å²) < 4.78 is 14.1. The molecule has 1 aliphatic rings. The number of carboxylic acids is 1. The third kappa shape index (κ3) is 2.94. The molecule has 102 valence electrons. The summed E-state index contributed by atoms with van der Waals surface area (Å²) in [4.78, 5) is 23.0. The zero-order valence-electron chi connectivity index (χ0n) is 10.1. The van der Waals surface area contributed by atoms with E-state index in [0.717, 1.165) is 6.42 Å². The summed E-state index contributed by atoms with van der Waals surface area (Å²) >= 11 is 3.12. The van der Waals surface area contributed by atoms with Crippen molar-refractivity contribution in [1.29, 1.82) is 0 Å². The van der Waals surface area contributed by atoms with E-state index in [1.54, 1.807) is 6.07 Å². The summed E-state index contributed by atoms with van der Waals surface area (Å²) in [6, 6.07) is 4.28. The van der Waals surface area contributed by atoms with Crippen LogP contribution >= 0.6 is 15.9 Å². The van der Waals surface area contributed by atoms with Crippen molar-refractivity contribution >= 4 is 33.5 Å². The highest BCUT2D eigenvalue weighted by Gasteiger charge is 2.45. The van der Waals surface area contributed by atoms with Gasteiger partial charge in [-0.15, -0.1) is 0 Å². The lowest BCUT2D eigenvalue weighted by Gasteiger charge is -2.36. The number of nitrogens with one attached hydrogen (secondary N) is 1. The molecule has 0 aliphatic heterocycles. The highest BCUT2D eigenvalue weighted by molar-refractivity contribution is 9.10. The molecule has 0 atom stereocenters. The first-order chi connectivity index (χ1) is 8.93. The number of carbonyl (C=O) groups excluding carboxylic acids is 1. The first-order valence-electron chi connectivity index (χ1n) is 5.91. The van der Waals surface area contributed by atoms with Crippen molar-refractivity contribution in [1.82, 2.24) is 0 Å². The van der Waals surface area contributed by atoms with E-state index >= 15 is 0 Å². The molecule has 0 bridgehead atoms. The van der Waals surface area contributed by atoms with Gasteiger partial charge in [-0.25, -0.2) is 4.39 Å². The molecule has 2 rings (SSSR count). The minimum absolute atomic E-state index is 0.0630. The summed E-state index contributed by atoms with van der Waals surface area (Å²) in [6.07, 6.45) is 1.70. The van der Waals surface area contributed by atoms with Crippen molar-refractivity contribution in [2.45, 2.75) is 25.7 Å². The molecule has 1 amide bonds. The maximum Gasteiger partial charge on any atom is 0.310 e. The van der Waals surface area contributed by atoms with E-state index in [2.05, 4.69) is 21.2 Å². The molecule has 0 radical (unpaired) electrons. The molecule has 19 heavy (non-hydrogen) atoms. The number of halogens is 2. The lowest BCUT2D eigenvalue weighted by Crippen LogP contribution is -2.41. The van der Waals surface area contributed by atoms with Gasteiger partial charge in [0.2, 0.25) is 5.91 Å². The summed E-state index contributed by atoms with van der Waals surface area (Å²) in [5.74, 6) is -1.98. The minimum Gasteiger partial charge on any atom is -0.481 e. The van der Waals surface area contributed by atoms with Gasteiger partial charge in [-0.2, -0.15) is 0 Å². The third-order valence-electron chi connectivity index (χ3n) is 3.47. The van der Waals surface area contributed by atoms with Crippen LogP contribution in [0.2, 0.25) is 0 Å². The fourth-order valence-corrected chi connectivity index (χ4v) is 2.50. The van der Waals surface area contributed by atoms with E-state index in [1.165, 1.54) is 12.1 Å². The molecule has 1 fully saturated rings. The Balaban J connectivity index is 2.03. The number of hydrogen-bond acceptors (Lipinski definition) is 2. The van der Waals surface area contributed by atoms with Crippen LogP contribution in [0.5, 0.6) is 0 Å². The van der Waals surface area contributed by atoms with E-state index in [9.17, 15) is 14.0 Å². The van der Waals surface area contributed by atoms with Crippen LogP contribution in [0.4, 0.5) is 10.1 Å². The number of carbonyl (C=O) groups is 2. The van der Waals surface area contributed by atoms with Gasteiger partial charge in [-0.1, -0.05) is 22.4 Å². The zero-order valence-corrected chi connectivity index (χ0v) is 11.7. The molecule has 0 aromatic heterocycles. The SMILES string of the molecule is O=C(CC1(C(=O)O)CCC1)Nc1ccc(Br)cc1F. The van der Waals surface area contributed by atoms with E-state index in [4.69, 9.17) is 5.11 Å². The normalized spacial score (nSPS) is 16.5. The van der Waals surface area contributed by atoms with Crippen molar-refractivity contribution in [2.24, 2.45) is 5.41 Å². The van der Waals surface area contributed by atoms with Crippen LogP contribution in [0.1, 0.15) is 25.7 Å². The van der Waals surface area contributed by atoms with E-state index < -0.39 is 23.1 Å². The fourth-order valence-electron chi connectivity index (χ4n) is 2.16. The van der Waals surface area contributed by atoms with Gasteiger partial charge in [0.15, 0.2) is 0 Å². The van der Waals surface area contributed by atoms with Crippen LogP contribution in [-0.4, -0.2) is 17.0 Å². The average Bonchev–Trinajstić information content (AvgIpc) is 2.27. The molecule has 4 nitrogen and oxygen atoms in total. The Hall–Kier alpha value is -1.43. The molecule has 6 heteroatoms. The highest BCUT2D eigenvalue weighted by Crippen LogP contribution is 2.44. The lowest BCUT2D eigenvalue weighted by atomic mass is 9.66. The molecular weight excluding hydrogens is 317 g/mol. The Morgan fingerprint density at radius 3 is 2.58 bits per heavy atom. The molecule has 1 aromatic carbocycles. The molecule has 0 spiro atoms. The predicted molar refractivity (Wildman–Crippen MR) is 71.3 cm³/mol. The van der Waals surface area contributed by atoms with Crippen LogP contribution in [0.25, 0.3) is 0 Å². The van der Waals surface area contributed by atoms with Gasteiger partial charge < -0.3 is 10.4 Å². The Morgan fingerprint density at radius 2 is 2.11 bits per heavy atom. The van der Waals surface area contributed by atoms with Gasteiger partial charge in [0.25, 0.3) is 0 Å². The predicted octanol–water partition coefficient (Wildman–Crippen LogP) is 3.17. The maximum absolute atomic E-state index is 13.5. The number of hydrogen-bond donors (Lipinski definition) is 2. The molecule has 0 saturated heterocycles. The summed E-state index contributed by atoms with van der Waals surface area (Å²) in [6.45, 7) is 0. The van der Waals surface area contributed by atoms with Gasteiger partial charge in [-0.3, -0.25) is 9.59 Å². The number of rotatable bonds is 4. The van der Waals surface area contributed by atoms with E-state index in [0.29, 0.717) is 17.3 Å². The van der Waals surface area contributed by atoms with Crippen molar-refractivity contribution in [3.63, 3.8) is 0 Å². The first-order valence-corrected chi connectivity index (χ1v) is 6.71. The first kappa shape index (κ1) is 14.0. The van der Waals surface area contributed by atoms with E-state index in [1.807, 2.05) is 0 Å². The molecule has 1 aromatic rings. The summed E-state index contributed by atoms with van der Waals surface area (Å²) in [5, 5.41) is 11.5.